The van der Waals surface area contributed by atoms with Gasteiger partial charge < -0.3 is 15.7 Å². The van der Waals surface area contributed by atoms with Gasteiger partial charge in [0.25, 0.3) is 0 Å². The quantitative estimate of drug-likeness (QED) is 0.794. The molecule has 1 saturated carbocycles. The molecule has 3 N–H and O–H groups in total. The first-order valence-electron chi connectivity index (χ1n) is 7.27. The highest BCUT2D eigenvalue weighted by atomic mass is 16.3. The number of hydrogen-bond acceptors (Lipinski definition) is 3. The molecule has 4 heteroatoms. The zero-order chi connectivity index (χ0) is 13.2. The Hall–Kier alpha value is -0.610. The Morgan fingerprint density at radius 3 is 2.83 bits per heavy atom. The van der Waals surface area contributed by atoms with Crippen LogP contribution in [-0.4, -0.2) is 41.1 Å². The van der Waals surface area contributed by atoms with Crippen LogP contribution < -0.4 is 5.73 Å². The first kappa shape index (κ1) is 13.8. The fraction of sp³-hybridized carbons (Fsp3) is 0.929. The molecule has 104 valence electrons. The predicted molar refractivity (Wildman–Crippen MR) is 71.0 cm³/mol. The van der Waals surface area contributed by atoms with E-state index in [1.807, 2.05) is 11.8 Å². The zero-order valence-corrected chi connectivity index (χ0v) is 11.4. The summed E-state index contributed by atoms with van der Waals surface area (Å²) in [5, 5.41) is 8.93. The van der Waals surface area contributed by atoms with Crippen molar-refractivity contribution in [3.63, 3.8) is 0 Å². The number of nitrogens with two attached hydrogens (primary N) is 1. The van der Waals surface area contributed by atoms with Crippen LogP contribution in [0.5, 0.6) is 0 Å². The largest absolute Gasteiger partial charge is 0.396 e. The van der Waals surface area contributed by atoms with E-state index in [1.165, 1.54) is 0 Å². The molecule has 18 heavy (non-hydrogen) atoms. The van der Waals surface area contributed by atoms with Crippen LogP contribution in [0.15, 0.2) is 0 Å². The van der Waals surface area contributed by atoms with Gasteiger partial charge in [-0.15, -0.1) is 0 Å². The predicted octanol–water partition coefficient (Wildman–Crippen LogP) is 1.27. The third-order valence-corrected chi connectivity index (χ3v) is 4.85. The summed E-state index contributed by atoms with van der Waals surface area (Å²) in [7, 11) is 0. The van der Waals surface area contributed by atoms with Crippen molar-refractivity contribution in [2.75, 3.05) is 13.2 Å². The summed E-state index contributed by atoms with van der Waals surface area (Å²) in [6, 6.07) is 0.346. The third-order valence-electron chi connectivity index (χ3n) is 4.85. The van der Waals surface area contributed by atoms with Crippen LogP contribution in [0.4, 0.5) is 0 Å². The average Bonchev–Trinajstić information content (AvgIpc) is 2.94. The summed E-state index contributed by atoms with van der Waals surface area (Å²) >= 11 is 0. The van der Waals surface area contributed by atoms with E-state index < -0.39 is 0 Å². The molecule has 1 heterocycles. The van der Waals surface area contributed by atoms with Crippen molar-refractivity contribution in [3.8, 4) is 0 Å². The highest BCUT2D eigenvalue weighted by Crippen LogP contribution is 2.40. The Kier molecular flexibility index (Phi) is 4.28. The molecule has 2 fully saturated rings. The van der Waals surface area contributed by atoms with Gasteiger partial charge in [-0.1, -0.05) is 6.42 Å². The van der Waals surface area contributed by atoms with Crippen molar-refractivity contribution in [2.45, 2.75) is 64.0 Å². The Balaban J connectivity index is 2.03. The molecule has 3 unspecified atom stereocenters. The average molecular weight is 254 g/mol. The maximum atomic E-state index is 12.7. The van der Waals surface area contributed by atoms with Crippen LogP contribution in [0.3, 0.4) is 0 Å². The van der Waals surface area contributed by atoms with Crippen LogP contribution in [0.1, 0.15) is 51.9 Å². The van der Waals surface area contributed by atoms with Crippen LogP contribution >= 0.6 is 0 Å². The van der Waals surface area contributed by atoms with Gasteiger partial charge in [-0.05, 0) is 45.4 Å². The molecule has 0 spiro atoms. The Morgan fingerprint density at radius 1 is 1.44 bits per heavy atom. The molecular formula is C14H26N2O2. The van der Waals surface area contributed by atoms with Crippen LogP contribution in [0, 0.1) is 5.41 Å². The number of amides is 1. The number of carbonyl (C=O) groups excluding carboxylic acids is 1. The molecule has 1 aliphatic carbocycles. The minimum Gasteiger partial charge on any atom is -0.396 e. The van der Waals surface area contributed by atoms with Crippen LogP contribution in [0.25, 0.3) is 0 Å². The molecule has 0 aromatic rings. The summed E-state index contributed by atoms with van der Waals surface area (Å²) in [6.45, 7) is 3.13. The highest BCUT2D eigenvalue weighted by Gasteiger charge is 2.46. The van der Waals surface area contributed by atoms with E-state index >= 15 is 0 Å². The molecule has 0 radical (unpaired) electrons. The van der Waals surface area contributed by atoms with Gasteiger partial charge in [0.15, 0.2) is 0 Å². The van der Waals surface area contributed by atoms with Crippen molar-refractivity contribution >= 4 is 5.91 Å². The van der Waals surface area contributed by atoms with Gasteiger partial charge >= 0.3 is 0 Å². The monoisotopic (exact) mass is 254 g/mol. The zero-order valence-electron chi connectivity index (χ0n) is 11.4. The summed E-state index contributed by atoms with van der Waals surface area (Å²) in [5.41, 5.74) is 5.79. The normalized spacial score (nSPS) is 36.3. The van der Waals surface area contributed by atoms with E-state index in [2.05, 4.69) is 0 Å². The highest BCUT2D eigenvalue weighted by molar-refractivity contribution is 5.84. The number of likely N-dealkylation sites (tertiary alicyclic amines) is 1. The maximum Gasteiger partial charge on any atom is 0.230 e. The number of aliphatic hydroxyl groups is 1. The molecule has 0 bridgehead atoms. The minimum atomic E-state index is -0.345. The molecule has 2 rings (SSSR count). The lowest BCUT2D eigenvalue weighted by Crippen LogP contribution is -2.50. The smallest absolute Gasteiger partial charge is 0.230 e. The van der Waals surface area contributed by atoms with Crippen molar-refractivity contribution < 1.29 is 9.90 Å². The topological polar surface area (TPSA) is 66.6 Å². The second-order valence-corrected chi connectivity index (χ2v) is 6.08. The van der Waals surface area contributed by atoms with Crippen LogP contribution in [-0.2, 0) is 4.79 Å². The molecule has 1 amide bonds. The molecule has 0 aromatic heterocycles. The van der Waals surface area contributed by atoms with E-state index in [0.29, 0.717) is 6.04 Å². The standard InChI is InChI=1S/C14H26N2O2/c1-14(8-2-7-12(14)15)13(18)16-9-3-5-11(16)6-4-10-17/h11-12,17H,2-10,15H2,1H3. The SMILES string of the molecule is CC1(C(=O)N2CCCC2CCCO)CCCC1N. The molecule has 2 aliphatic rings. The van der Waals surface area contributed by atoms with Crippen LogP contribution in [0.2, 0.25) is 0 Å². The Morgan fingerprint density at radius 2 is 2.22 bits per heavy atom. The lowest BCUT2D eigenvalue weighted by atomic mass is 9.83. The molecular weight excluding hydrogens is 228 g/mol. The molecule has 1 aliphatic heterocycles. The number of rotatable bonds is 4. The van der Waals surface area contributed by atoms with Gasteiger partial charge in [-0.2, -0.15) is 0 Å². The first-order chi connectivity index (χ1) is 8.59. The first-order valence-corrected chi connectivity index (χ1v) is 7.27. The minimum absolute atomic E-state index is 0.0177. The number of hydrogen-bond donors (Lipinski definition) is 2. The van der Waals surface area contributed by atoms with E-state index in [-0.39, 0.29) is 24.0 Å². The Labute approximate surface area is 110 Å². The number of aliphatic hydroxyl groups excluding tert-OH is 1. The fourth-order valence-corrected chi connectivity index (χ4v) is 3.52. The lowest BCUT2D eigenvalue weighted by Gasteiger charge is -2.35. The van der Waals surface area contributed by atoms with Gasteiger partial charge in [-0.3, -0.25) is 4.79 Å². The molecule has 4 nitrogen and oxygen atoms in total. The van der Waals surface area contributed by atoms with Gasteiger partial charge in [0.05, 0.1) is 5.41 Å². The third kappa shape index (κ3) is 2.41. The van der Waals surface area contributed by atoms with Gasteiger partial charge in [0.1, 0.15) is 0 Å². The molecule has 1 saturated heterocycles. The summed E-state index contributed by atoms with van der Waals surface area (Å²) in [6.07, 6.45) is 6.85. The van der Waals surface area contributed by atoms with Crippen molar-refractivity contribution in [3.05, 3.63) is 0 Å². The van der Waals surface area contributed by atoms with E-state index in [0.717, 1.165) is 51.5 Å². The number of carbonyl (C=O) groups is 1. The fourth-order valence-electron chi connectivity index (χ4n) is 3.52. The van der Waals surface area contributed by atoms with Crippen molar-refractivity contribution in [1.29, 1.82) is 0 Å². The van der Waals surface area contributed by atoms with Gasteiger partial charge in [0.2, 0.25) is 5.91 Å². The van der Waals surface area contributed by atoms with E-state index in [4.69, 9.17) is 10.8 Å². The second-order valence-electron chi connectivity index (χ2n) is 6.08. The maximum absolute atomic E-state index is 12.7. The van der Waals surface area contributed by atoms with Crippen molar-refractivity contribution in [2.24, 2.45) is 11.1 Å². The molecule has 3 atom stereocenters. The van der Waals surface area contributed by atoms with E-state index in [9.17, 15) is 4.79 Å². The summed E-state index contributed by atoms with van der Waals surface area (Å²) < 4.78 is 0. The summed E-state index contributed by atoms with van der Waals surface area (Å²) in [4.78, 5) is 14.8. The number of nitrogens with zero attached hydrogens (tertiary/aromatic N) is 1. The van der Waals surface area contributed by atoms with Gasteiger partial charge in [-0.25, -0.2) is 0 Å². The molecule has 0 aromatic carbocycles. The summed E-state index contributed by atoms with van der Waals surface area (Å²) in [5.74, 6) is 0.257. The van der Waals surface area contributed by atoms with Crippen molar-refractivity contribution in [1.82, 2.24) is 4.90 Å². The van der Waals surface area contributed by atoms with E-state index in [1.54, 1.807) is 0 Å². The van der Waals surface area contributed by atoms with Gasteiger partial charge in [0, 0.05) is 25.2 Å². The lowest BCUT2D eigenvalue weighted by molar-refractivity contribution is -0.142. The second kappa shape index (κ2) is 5.57. The Bertz CT molecular complexity index is 308.